The number of carbonyl (C=O) groups excluding carboxylic acids is 2. The van der Waals surface area contributed by atoms with Crippen LogP contribution in [0.5, 0.6) is 0 Å². The van der Waals surface area contributed by atoms with Crippen LogP contribution in [-0.4, -0.2) is 17.9 Å². The average molecular weight is 234 g/mol. The Bertz CT molecular complexity index is 388. The molecule has 0 spiro atoms. The van der Waals surface area contributed by atoms with E-state index >= 15 is 0 Å². The molecule has 4 heteroatoms. The summed E-state index contributed by atoms with van der Waals surface area (Å²) in [6.07, 6.45) is 0.550. The van der Waals surface area contributed by atoms with E-state index in [0.29, 0.717) is 17.9 Å². The Morgan fingerprint density at radius 1 is 1.24 bits per heavy atom. The van der Waals surface area contributed by atoms with Gasteiger partial charge in [-0.3, -0.25) is 9.59 Å². The Hall–Kier alpha value is -1.84. The normalized spacial score (nSPS) is 12.2. The number of amides is 2. The number of hydrogen-bond donors (Lipinski definition) is 2. The minimum absolute atomic E-state index is 0.268. The van der Waals surface area contributed by atoms with E-state index in [1.807, 2.05) is 19.9 Å². The van der Waals surface area contributed by atoms with Crippen molar-refractivity contribution in [1.29, 1.82) is 0 Å². The van der Waals surface area contributed by atoms with Gasteiger partial charge in [0, 0.05) is 5.56 Å². The minimum Gasteiger partial charge on any atom is -0.368 e. The highest BCUT2D eigenvalue weighted by Crippen LogP contribution is 2.06. The summed E-state index contributed by atoms with van der Waals surface area (Å²) in [7, 11) is 0. The lowest BCUT2D eigenvalue weighted by Gasteiger charge is -2.17. The van der Waals surface area contributed by atoms with E-state index in [4.69, 9.17) is 5.73 Å². The molecule has 0 saturated heterocycles. The van der Waals surface area contributed by atoms with Gasteiger partial charge in [-0.1, -0.05) is 32.0 Å². The summed E-state index contributed by atoms with van der Waals surface area (Å²) in [5.41, 5.74) is 5.79. The summed E-state index contributed by atoms with van der Waals surface area (Å²) in [6, 6.07) is 8.16. The van der Waals surface area contributed by atoms with Gasteiger partial charge in [0.2, 0.25) is 5.91 Å². The van der Waals surface area contributed by atoms with Crippen molar-refractivity contribution in [3.8, 4) is 0 Å². The third kappa shape index (κ3) is 4.26. The summed E-state index contributed by atoms with van der Waals surface area (Å²) < 4.78 is 0. The first-order valence-corrected chi connectivity index (χ1v) is 5.66. The Morgan fingerprint density at radius 2 is 1.82 bits per heavy atom. The lowest BCUT2D eigenvalue weighted by atomic mass is 10.0. The van der Waals surface area contributed by atoms with Gasteiger partial charge in [0.1, 0.15) is 6.04 Å². The van der Waals surface area contributed by atoms with Crippen LogP contribution >= 0.6 is 0 Å². The van der Waals surface area contributed by atoms with E-state index in [-0.39, 0.29) is 5.91 Å². The largest absolute Gasteiger partial charge is 0.368 e. The molecule has 4 nitrogen and oxygen atoms in total. The van der Waals surface area contributed by atoms with Crippen molar-refractivity contribution in [2.45, 2.75) is 26.3 Å². The van der Waals surface area contributed by atoms with Gasteiger partial charge in [0.05, 0.1) is 0 Å². The van der Waals surface area contributed by atoms with E-state index in [1.165, 1.54) is 0 Å². The van der Waals surface area contributed by atoms with E-state index in [2.05, 4.69) is 5.32 Å². The Balaban J connectivity index is 2.68. The summed E-state index contributed by atoms with van der Waals surface area (Å²) in [5.74, 6) is -0.471. The fourth-order valence-corrected chi connectivity index (χ4v) is 1.55. The standard InChI is InChI=1S/C13H18N2O2/c1-9(2)8-11(12(14)16)15-13(17)10-6-4-3-5-7-10/h3-7,9,11H,8H2,1-2H3,(H2,14,16)(H,15,17)/t11-/m1/s1. The van der Waals surface area contributed by atoms with Gasteiger partial charge in [-0.05, 0) is 24.5 Å². The fourth-order valence-electron chi connectivity index (χ4n) is 1.55. The van der Waals surface area contributed by atoms with E-state index in [0.717, 1.165) is 0 Å². The number of primary amides is 1. The van der Waals surface area contributed by atoms with Crippen LogP contribution in [0.1, 0.15) is 30.6 Å². The van der Waals surface area contributed by atoms with E-state index < -0.39 is 11.9 Å². The van der Waals surface area contributed by atoms with Gasteiger partial charge in [-0.2, -0.15) is 0 Å². The molecule has 17 heavy (non-hydrogen) atoms. The molecule has 0 radical (unpaired) electrons. The van der Waals surface area contributed by atoms with Crippen molar-refractivity contribution in [3.63, 3.8) is 0 Å². The third-order valence-electron chi connectivity index (χ3n) is 2.39. The van der Waals surface area contributed by atoms with Crippen LogP contribution in [-0.2, 0) is 4.79 Å². The lowest BCUT2D eigenvalue weighted by molar-refractivity contribution is -0.120. The maximum absolute atomic E-state index is 11.8. The summed E-state index contributed by atoms with van der Waals surface area (Å²) in [5, 5.41) is 2.65. The second-order valence-corrected chi connectivity index (χ2v) is 4.42. The summed E-state index contributed by atoms with van der Waals surface area (Å²) in [4.78, 5) is 23.0. The topological polar surface area (TPSA) is 72.2 Å². The Morgan fingerprint density at radius 3 is 2.29 bits per heavy atom. The number of benzene rings is 1. The molecular weight excluding hydrogens is 216 g/mol. The second-order valence-electron chi connectivity index (χ2n) is 4.42. The number of rotatable bonds is 5. The zero-order valence-electron chi connectivity index (χ0n) is 10.1. The molecule has 3 N–H and O–H groups in total. The molecule has 1 aromatic rings. The van der Waals surface area contributed by atoms with Gasteiger partial charge in [-0.15, -0.1) is 0 Å². The second kappa shape index (κ2) is 6.03. The third-order valence-corrected chi connectivity index (χ3v) is 2.39. The molecule has 0 bridgehead atoms. The first-order chi connectivity index (χ1) is 8.00. The molecule has 0 fully saturated rings. The molecule has 0 saturated carbocycles. The van der Waals surface area contributed by atoms with Gasteiger partial charge in [-0.25, -0.2) is 0 Å². The molecule has 0 aliphatic rings. The number of nitrogens with two attached hydrogens (primary N) is 1. The first kappa shape index (κ1) is 13.2. The fraction of sp³-hybridized carbons (Fsp3) is 0.385. The van der Waals surface area contributed by atoms with Gasteiger partial charge >= 0.3 is 0 Å². The summed E-state index contributed by atoms with van der Waals surface area (Å²) in [6.45, 7) is 3.95. The zero-order valence-corrected chi connectivity index (χ0v) is 10.1. The SMILES string of the molecule is CC(C)C[C@@H](NC(=O)c1ccccc1)C(N)=O. The predicted octanol–water partition coefficient (Wildman–Crippen LogP) is 1.32. The monoisotopic (exact) mass is 234 g/mol. The first-order valence-electron chi connectivity index (χ1n) is 5.66. The van der Waals surface area contributed by atoms with Gasteiger partial charge in [0.25, 0.3) is 5.91 Å². The predicted molar refractivity (Wildman–Crippen MR) is 66.3 cm³/mol. The van der Waals surface area contributed by atoms with Gasteiger partial charge < -0.3 is 11.1 Å². The smallest absolute Gasteiger partial charge is 0.251 e. The van der Waals surface area contributed by atoms with Crippen LogP contribution in [0.15, 0.2) is 30.3 Å². The van der Waals surface area contributed by atoms with E-state index in [9.17, 15) is 9.59 Å². The number of nitrogens with one attached hydrogen (secondary N) is 1. The Labute approximate surface area is 101 Å². The van der Waals surface area contributed by atoms with E-state index in [1.54, 1.807) is 24.3 Å². The zero-order chi connectivity index (χ0) is 12.8. The summed E-state index contributed by atoms with van der Waals surface area (Å²) >= 11 is 0. The van der Waals surface area contributed by atoms with Crippen molar-refractivity contribution < 1.29 is 9.59 Å². The van der Waals surface area contributed by atoms with Gasteiger partial charge in [0.15, 0.2) is 0 Å². The molecule has 0 aliphatic carbocycles. The highest BCUT2D eigenvalue weighted by molar-refractivity contribution is 5.97. The van der Waals surface area contributed by atoms with Crippen molar-refractivity contribution in [2.24, 2.45) is 11.7 Å². The van der Waals surface area contributed by atoms with Crippen molar-refractivity contribution in [1.82, 2.24) is 5.32 Å². The molecule has 1 atom stereocenters. The number of hydrogen-bond acceptors (Lipinski definition) is 2. The highest BCUT2D eigenvalue weighted by atomic mass is 16.2. The molecule has 1 aromatic carbocycles. The van der Waals surface area contributed by atoms with Crippen molar-refractivity contribution >= 4 is 11.8 Å². The highest BCUT2D eigenvalue weighted by Gasteiger charge is 2.19. The van der Waals surface area contributed by atoms with Crippen LogP contribution in [0.4, 0.5) is 0 Å². The molecule has 0 aliphatic heterocycles. The maximum atomic E-state index is 11.8. The molecule has 92 valence electrons. The molecule has 2 amide bonds. The molecule has 0 heterocycles. The lowest BCUT2D eigenvalue weighted by Crippen LogP contribution is -2.45. The van der Waals surface area contributed by atoms with Crippen molar-refractivity contribution in [2.75, 3.05) is 0 Å². The maximum Gasteiger partial charge on any atom is 0.251 e. The molecular formula is C13H18N2O2. The van der Waals surface area contributed by atoms with Crippen LogP contribution in [0.3, 0.4) is 0 Å². The molecule has 0 unspecified atom stereocenters. The van der Waals surface area contributed by atoms with Crippen LogP contribution in [0.2, 0.25) is 0 Å². The van der Waals surface area contributed by atoms with Crippen LogP contribution in [0.25, 0.3) is 0 Å². The molecule has 1 rings (SSSR count). The minimum atomic E-state index is -0.609. The molecule has 0 aromatic heterocycles. The van der Waals surface area contributed by atoms with Crippen molar-refractivity contribution in [3.05, 3.63) is 35.9 Å². The average Bonchev–Trinajstić information content (AvgIpc) is 2.28. The van der Waals surface area contributed by atoms with Crippen LogP contribution in [0, 0.1) is 5.92 Å². The number of carbonyl (C=O) groups is 2. The quantitative estimate of drug-likeness (QED) is 0.806. The Kier molecular flexibility index (Phi) is 4.69. The van der Waals surface area contributed by atoms with Crippen LogP contribution < -0.4 is 11.1 Å².